The third-order valence-electron chi connectivity index (χ3n) is 3.42. The lowest BCUT2D eigenvalue weighted by Gasteiger charge is -2.19. The molecule has 4 heteroatoms. The van der Waals surface area contributed by atoms with Crippen molar-refractivity contribution in [2.24, 2.45) is 0 Å². The fourth-order valence-electron chi connectivity index (χ4n) is 2.39. The fraction of sp³-hybridized carbons (Fsp3) is 0.118. The zero-order valence-electron chi connectivity index (χ0n) is 11.5. The standard InChI is InChI=1S/C17H14O4/c1-20-13-4-2-3-11(9-13)14-7-8-21-16-6-5-12(17(18)19)10-15(14)16/h2-7,9-10H,8H2,1H3,(H,18,19). The Morgan fingerprint density at radius 2 is 2.10 bits per heavy atom. The molecule has 106 valence electrons. The van der Waals surface area contributed by atoms with Gasteiger partial charge in [0, 0.05) is 5.56 Å². The molecular weight excluding hydrogens is 268 g/mol. The van der Waals surface area contributed by atoms with Crippen LogP contribution in [0.25, 0.3) is 5.57 Å². The summed E-state index contributed by atoms with van der Waals surface area (Å²) in [6.45, 7) is 0.464. The molecule has 0 spiro atoms. The molecule has 0 saturated heterocycles. The highest BCUT2D eigenvalue weighted by Gasteiger charge is 2.18. The number of ether oxygens (including phenoxy) is 2. The predicted molar refractivity (Wildman–Crippen MR) is 79.0 cm³/mol. The molecule has 0 fully saturated rings. The second kappa shape index (κ2) is 5.32. The Bertz CT molecular complexity index is 731. The van der Waals surface area contributed by atoms with E-state index in [1.807, 2.05) is 30.3 Å². The summed E-state index contributed by atoms with van der Waals surface area (Å²) in [4.78, 5) is 11.2. The van der Waals surface area contributed by atoms with Gasteiger partial charge in [0.2, 0.25) is 0 Å². The Hall–Kier alpha value is -2.75. The van der Waals surface area contributed by atoms with Crippen LogP contribution in [0.15, 0.2) is 48.5 Å². The maximum absolute atomic E-state index is 11.2. The van der Waals surface area contributed by atoms with E-state index in [0.29, 0.717) is 12.4 Å². The van der Waals surface area contributed by atoms with Crippen LogP contribution >= 0.6 is 0 Å². The first-order valence-corrected chi connectivity index (χ1v) is 6.54. The first-order valence-electron chi connectivity index (χ1n) is 6.54. The van der Waals surface area contributed by atoms with Crippen molar-refractivity contribution in [3.05, 3.63) is 65.2 Å². The molecule has 2 aromatic rings. The van der Waals surface area contributed by atoms with Crippen LogP contribution in [0.1, 0.15) is 21.5 Å². The Morgan fingerprint density at radius 1 is 1.24 bits per heavy atom. The number of carbonyl (C=O) groups is 1. The highest BCUT2D eigenvalue weighted by molar-refractivity contribution is 5.92. The van der Waals surface area contributed by atoms with Crippen molar-refractivity contribution in [3.63, 3.8) is 0 Å². The van der Waals surface area contributed by atoms with Crippen molar-refractivity contribution in [2.75, 3.05) is 13.7 Å². The maximum Gasteiger partial charge on any atom is 0.335 e. The SMILES string of the molecule is COc1cccc(C2=CCOc3ccc(C(=O)O)cc32)c1. The average molecular weight is 282 g/mol. The van der Waals surface area contributed by atoms with Crippen molar-refractivity contribution < 1.29 is 19.4 Å². The van der Waals surface area contributed by atoms with Crippen LogP contribution < -0.4 is 9.47 Å². The molecule has 0 radical (unpaired) electrons. The molecule has 4 nitrogen and oxygen atoms in total. The molecule has 0 saturated carbocycles. The molecule has 3 rings (SSSR count). The van der Waals surface area contributed by atoms with Crippen LogP contribution in [0.2, 0.25) is 0 Å². The van der Waals surface area contributed by atoms with Crippen LogP contribution in [0.5, 0.6) is 11.5 Å². The molecule has 0 amide bonds. The van der Waals surface area contributed by atoms with Gasteiger partial charge in [0.05, 0.1) is 12.7 Å². The van der Waals surface area contributed by atoms with E-state index in [1.165, 1.54) is 0 Å². The van der Waals surface area contributed by atoms with Gasteiger partial charge < -0.3 is 14.6 Å². The summed E-state index contributed by atoms with van der Waals surface area (Å²) >= 11 is 0. The van der Waals surface area contributed by atoms with Gasteiger partial charge in [-0.05, 0) is 47.5 Å². The van der Waals surface area contributed by atoms with E-state index in [9.17, 15) is 4.79 Å². The first kappa shape index (κ1) is 13.2. The molecule has 0 unspecified atom stereocenters. The minimum absolute atomic E-state index is 0.244. The Labute approximate surface area is 122 Å². The Balaban J connectivity index is 2.11. The van der Waals surface area contributed by atoms with Gasteiger partial charge in [0.15, 0.2) is 0 Å². The van der Waals surface area contributed by atoms with Crippen LogP contribution in [0.3, 0.4) is 0 Å². The summed E-state index contributed by atoms with van der Waals surface area (Å²) in [7, 11) is 1.62. The average Bonchev–Trinajstić information content (AvgIpc) is 2.53. The third-order valence-corrected chi connectivity index (χ3v) is 3.42. The summed E-state index contributed by atoms with van der Waals surface area (Å²) in [5, 5.41) is 9.15. The van der Waals surface area contributed by atoms with Crippen LogP contribution in [0, 0.1) is 0 Å². The fourth-order valence-corrected chi connectivity index (χ4v) is 2.39. The number of fused-ring (bicyclic) bond motifs is 1. The largest absolute Gasteiger partial charge is 0.497 e. The van der Waals surface area contributed by atoms with Crippen molar-refractivity contribution in [2.45, 2.75) is 0 Å². The maximum atomic E-state index is 11.2. The second-order valence-electron chi connectivity index (χ2n) is 4.68. The van der Waals surface area contributed by atoms with E-state index in [2.05, 4.69) is 0 Å². The normalized spacial score (nSPS) is 12.9. The molecular formula is C17H14O4. The molecule has 21 heavy (non-hydrogen) atoms. The van der Waals surface area contributed by atoms with Gasteiger partial charge in [-0.25, -0.2) is 4.79 Å². The van der Waals surface area contributed by atoms with Crippen molar-refractivity contribution in [1.29, 1.82) is 0 Å². The summed E-state index contributed by atoms with van der Waals surface area (Å²) in [6, 6.07) is 12.6. The Kier molecular flexibility index (Phi) is 3.36. The summed E-state index contributed by atoms with van der Waals surface area (Å²) in [5.41, 5.74) is 2.96. The topological polar surface area (TPSA) is 55.8 Å². The lowest BCUT2D eigenvalue weighted by atomic mass is 9.94. The minimum atomic E-state index is -0.951. The van der Waals surface area contributed by atoms with E-state index in [-0.39, 0.29) is 5.56 Å². The predicted octanol–water partition coefficient (Wildman–Crippen LogP) is 3.22. The number of carboxylic acid groups (broad SMARTS) is 1. The van der Waals surface area contributed by atoms with E-state index in [4.69, 9.17) is 14.6 Å². The number of methoxy groups -OCH3 is 1. The highest BCUT2D eigenvalue weighted by atomic mass is 16.5. The monoisotopic (exact) mass is 282 g/mol. The molecule has 0 atom stereocenters. The van der Waals surface area contributed by atoms with Gasteiger partial charge in [0.1, 0.15) is 18.1 Å². The van der Waals surface area contributed by atoms with E-state index in [1.54, 1.807) is 25.3 Å². The molecule has 1 aliphatic rings. The number of aromatic carboxylic acids is 1. The number of hydrogen-bond donors (Lipinski definition) is 1. The molecule has 2 aromatic carbocycles. The van der Waals surface area contributed by atoms with Gasteiger partial charge in [-0.1, -0.05) is 12.1 Å². The summed E-state index contributed by atoms with van der Waals surface area (Å²) < 4.78 is 10.8. The molecule has 0 bridgehead atoms. The smallest absolute Gasteiger partial charge is 0.335 e. The van der Waals surface area contributed by atoms with E-state index >= 15 is 0 Å². The summed E-state index contributed by atoms with van der Waals surface area (Å²) in [6.07, 6.45) is 1.95. The number of carboxylic acids is 1. The zero-order valence-corrected chi connectivity index (χ0v) is 11.5. The number of benzene rings is 2. The molecule has 1 heterocycles. The molecule has 0 aliphatic carbocycles. The highest BCUT2D eigenvalue weighted by Crippen LogP contribution is 2.35. The Morgan fingerprint density at radius 3 is 2.86 bits per heavy atom. The molecule has 1 N–H and O–H groups in total. The molecule has 1 aliphatic heterocycles. The third kappa shape index (κ3) is 2.48. The van der Waals surface area contributed by atoms with Gasteiger partial charge >= 0.3 is 5.97 Å². The van der Waals surface area contributed by atoms with Crippen molar-refractivity contribution in [3.8, 4) is 11.5 Å². The lowest BCUT2D eigenvalue weighted by Crippen LogP contribution is -2.07. The first-order chi connectivity index (χ1) is 10.2. The molecule has 0 aromatic heterocycles. The zero-order chi connectivity index (χ0) is 14.8. The van der Waals surface area contributed by atoms with Gasteiger partial charge in [-0.3, -0.25) is 0 Å². The van der Waals surface area contributed by atoms with Crippen molar-refractivity contribution >= 4 is 11.5 Å². The van der Waals surface area contributed by atoms with Crippen LogP contribution in [0.4, 0.5) is 0 Å². The number of hydrogen-bond acceptors (Lipinski definition) is 3. The lowest BCUT2D eigenvalue weighted by molar-refractivity contribution is 0.0697. The van der Waals surface area contributed by atoms with Crippen LogP contribution in [-0.4, -0.2) is 24.8 Å². The minimum Gasteiger partial charge on any atom is -0.497 e. The number of rotatable bonds is 3. The van der Waals surface area contributed by atoms with Gasteiger partial charge in [-0.2, -0.15) is 0 Å². The van der Waals surface area contributed by atoms with Gasteiger partial charge in [-0.15, -0.1) is 0 Å². The quantitative estimate of drug-likeness (QED) is 0.939. The van der Waals surface area contributed by atoms with Gasteiger partial charge in [0.25, 0.3) is 0 Å². The van der Waals surface area contributed by atoms with Crippen LogP contribution in [-0.2, 0) is 0 Å². The van der Waals surface area contributed by atoms with E-state index in [0.717, 1.165) is 22.4 Å². The summed E-state index contributed by atoms with van der Waals surface area (Å²) in [5.74, 6) is 0.504. The second-order valence-corrected chi connectivity index (χ2v) is 4.68. The van der Waals surface area contributed by atoms with Crippen molar-refractivity contribution in [1.82, 2.24) is 0 Å². The van der Waals surface area contributed by atoms with E-state index < -0.39 is 5.97 Å².